The van der Waals surface area contributed by atoms with Crippen molar-refractivity contribution < 1.29 is 19.8 Å². The third-order valence-electron chi connectivity index (χ3n) is 4.71. The van der Waals surface area contributed by atoms with Crippen molar-refractivity contribution in [2.24, 2.45) is 0 Å². The number of benzene rings is 1. The van der Waals surface area contributed by atoms with Gasteiger partial charge in [0.1, 0.15) is 0 Å². The monoisotopic (exact) mass is 396 g/mol. The number of hydrogen-bond donors (Lipinski definition) is 2. The lowest BCUT2D eigenvalue weighted by Gasteiger charge is -2.29. The summed E-state index contributed by atoms with van der Waals surface area (Å²) in [6.45, 7) is 6.90. The molecule has 0 aliphatic carbocycles. The second-order valence-electron chi connectivity index (χ2n) is 7.21. The second kappa shape index (κ2) is 14.6. The van der Waals surface area contributed by atoms with E-state index in [2.05, 4.69) is 30.0 Å². The molecule has 0 heterocycles. The van der Waals surface area contributed by atoms with Crippen LogP contribution in [0.15, 0.2) is 24.3 Å². The maximum atomic E-state index is 10.3. The van der Waals surface area contributed by atoms with Crippen LogP contribution in [0.5, 0.6) is 0 Å². The molecule has 1 aromatic carbocycles. The summed E-state index contributed by atoms with van der Waals surface area (Å²) in [6, 6.07) is 5.02. The van der Waals surface area contributed by atoms with E-state index in [-0.39, 0.29) is 11.1 Å². The molecule has 1 rings (SSSR count). The fourth-order valence-electron chi connectivity index (χ4n) is 2.92. The van der Waals surface area contributed by atoms with E-state index in [1.807, 2.05) is 0 Å². The molecule has 0 spiro atoms. The lowest BCUT2D eigenvalue weighted by Crippen LogP contribution is -2.20. The summed E-state index contributed by atoms with van der Waals surface area (Å²) in [6.07, 6.45) is 13.9. The summed E-state index contributed by atoms with van der Waals surface area (Å²) < 4.78 is 0. The van der Waals surface area contributed by atoms with Crippen molar-refractivity contribution in [2.45, 2.75) is 90.1 Å². The van der Waals surface area contributed by atoms with Crippen LogP contribution in [0.4, 0.5) is 0 Å². The highest BCUT2D eigenvalue weighted by molar-refractivity contribution is 7.19. The van der Waals surface area contributed by atoms with Gasteiger partial charge in [0, 0.05) is 0 Å². The minimum absolute atomic E-state index is 0.0833. The molecule has 0 aliphatic rings. The average molecular weight is 397 g/mol. The van der Waals surface area contributed by atoms with Crippen molar-refractivity contribution in [1.29, 1.82) is 0 Å². The zero-order chi connectivity index (χ0) is 20.7. The zero-order valence-corrected chi connectivity index (χ0v) is 18.3. The van der Waals surface area contributed by atoms with Gasteiger partial charge in [-0.25, -0.2) is 9.59 Å². The number of aromatic carboxylic acids is 2. The first-order valence-electron chi connectivity index (χ1n) is 10.1. The van der Waals surface area contributed by atoms with Gasteiger partial charge in [0.05, 0.1) is 11.1 Å². The van der Waals surface area contributed by atoms with Crippen LogP contribution in [-0.4, -0.2) is 27.3 Å². The largest absolute Gasteiger partial charge is 0.478 e. The van der Waals surface area contributed by atoms with Crippen LogP contribution in [0.3, 0.4) is 0 Å². The molecule has 5 heteroatoms. The third kappa shape index (κ3) is 11.8. The van der Waals surface area contributed by atoms with Gasteiger partial charge in [-0.15, -0.1) is 9.24 Å². The molecular formula is C22H37O4P. The van der Waals surface area contributed by atoms with Crippen molar-refractivity contribution >= 4 is 21.2 Å². The van der Waals surface area contributed by atoms with Crippen LogP contribution in [0.2, 0.25) is 0 Å². The third-order valence-corrected chi connectivity index (χ3v) is 5.58. The first-order chi connectivity index (χ1) is 12.8. The molecule has 27 heavy (non-hydrogen) atoms. The Bertz CT molecular complexity index is 499. The van der Waals surface area contributed by atoms with Gasteiger partial charge < -0.3 is 10.2 Å². The molecule has 0 fully saturated rings. The highest BCUT2D eigenvalue weighted by Gasteiger charge is 2.22. The summed E-state index contributed by atoms with van der Waals surface area (Å²) in [4.78, 5) is 20.7. The Morgan fingerprint density at radius 3 is 1.37 bits per heavy atom. The highest BCUT2D eigenvalue weighted by Crippen LogP contribution is 2.36. The number of carbonyl (C=O) groups is 2. The van der Waals surface area contributed by atoms with Crippen molar-refractivity contribution in [3.8, 4) is 0 Å². The topological polar surface area (TPSA) is 74.6 Å². The van der Waals surface area contributed by atoms with Gasteiger partial charge in [0.25, 0.3) is 0 Å². The molecule has 0 amide bonds. The summed E-state index contributed by atoms with van der Waals surface area (Å²) in [7, 11) is 3.19. The first-order valence-corrected chi connectivity index (χ1v) is 10.7. The van der Waals surface area contributed by atoms with Crippen LogP contribution >= 0.6 is 9.24 Å². The number of unbranched alkanes of at least 4 members (excludes halogenated alkanes) is 4. The average Bonchev–Trinajstić information content (AvgIpc) is 2.65. The van der Waals surface area contributed by atoms with Gasteiger partial charge in [-0.05, 0) is 48.7 Å². The van der Waals surface area contributed by atoms with E-state index in [1.165, 1.54) is 88.5 Å². The number of carboxylic acid groups (broad SMARTS) is 2. The smallest absolute Gasteiger partial charge is 0.335 e. The van der Waals surface area contributed by atoms with Crippen LogP contribution in [0, 0.1) is 0 Å². The van der Waals surface area contributed by atoms with Crippen LogP contribution in [0.25, 0.3) is 0 Å². The van der Waals surface area contributed by atoms with Crippen LogP contribution < -0.4 is 0 Å². The second-order valence-corrected chi connectivity index (χ2v) is 8.44. The number of hydrogen-bond acceptors (Lipinski definition) is 2. The Morgan fingerprint density at radius 2 is 1.07 bits per heavy atom. The maximum Gasteiger partial charge on any atom is 0.335 e. The molecule has 0 aliphatic heterocycles. The van der Waals surface area contributed by atoms with Gasteiger partial charge >= 0.3 is 11.9 Å². The van der Waals surface area contributed by atoms with E-state index in [4.69, 9.17) is 10.2 Å². The minimum Gasteiger partial charge on any atom is -0.478 e. The Kier molecular flexibility index (Phi) is 13.9. The zero-order valence-electron chi connectivity index (χ0n) is 17.2. The van der Waals surface area contributed by atoms with Gasteiger partial charge in [0.2, 0.25) is 0 Å². The van der Waals surface area contributed by atoms with Crippen molar-refractivity contribution in [3.63, 3.8) is 0 Å². The Morgan fingerprint density at radius 1 is 0.741 bits per heavy atom. The Hall–Kier alpha value is -1.41. The fraction of sp³-hybridized carbons (Fsp3) is 0.636. The first kappa shape index (κ1) is 25.6. The predicted molar refractivity (Wildman–Crippen MR) is 116 cm³/mol. The lowest BCUT2D eigenvalue weighted by molar-refractivity contribution is 0.0681. The molecule has 0 saturated carbocycles. The van der Waals surface area contributed by atoms with Gasteiger partial charge in [-0.3, -0.25) is 0 Å². The van der Waals surface area contributed by atoms with Crippen LogP contribution in [0.1, 0.15) is 106 Å². The lowest BCUT2D eigenvalue weighted by atomic mass is 9.89. The molecular weight excluding hydrogens is 359 g/mol. The normalized spacial score (nSPS) is 10.8. The van der Waals surface area contributed by atoms with Crippen LogP contribution in [-0.2, 0) is 0 Å². The summed E-state index contributed by atoms with van der Waals surface area (Å²) in [5.41, 5.74) is 0.167. The molecule has 0 bridgehead atoms. The summed E-state index contributed by atoms with van der Waals surface area (Å²) >= 11 is 0. The standard InChI is InChI=1S/C14H31P.C8H6O4/c1-4-7-10-13-14(15,11-8-5-2)12-9-6-3;9-7(10)5-1-2-6(4-3-5)8(11)12/h4-13,15H2,1-3H3;1-4H,(H,9,10)(H,11,12). The molecule has 1 aromatic rings. The molecule has 0 aromatic heterocycles. The van der Waals surface area contributed by atoms with E-state index < -0.39 is 11.9 Å². The van der Waals surface area contributed by atoms with Gasteiger partial charge in [-0.2, -0.15) is 0 Å². The maximum absolute atomic E-state index is 10.3. The van der Waals surface area contributed by atoms with Gasteiger partial charge in [0.15, 0.2) is 0 Å². The van der Waals surface area contributed by atoms with Crippen molar-refractivity contribution in [2.75, 3.05) is 0 Å². The number of carboxylic acids is 2. The van der Waals surface area contributed by atoms with E-state index in [9.17, 15) is 9.59 Å². The quantitative estimate of drug-likeness (QED) is 0.307. The van der Waals surface area contributed by atoms with E-state index >= 15 is 0 Å². The molecule has 0 saturated heterocycles. The molecule has 1 unspecified atom stereocenters. The Balaban J connectivity index is 0.000000511. The van der Waals surface area contributed by atoms with Crippen molar-refractivity contribution in [3.05, 3.63) is 35.4 Å². The molecule has 4 nitrogen and oxygen atoms in total. The molecule has 0 radical (unpaired) electrons. The fourth-order valence-corrected chi connectivity index (χ4v) is 3.53. The van der Waals surface area contributed by atoms with E-state index in [0.29, 0.717) is 5.16 Å². The Labute approximate surface area is 167 Å². The molecule has 1 atom stereocenters. The number of rotatable bonds is 12. The SMILES string of the molecule is CCCCCC(P)(CCCC)CCCC.O=C(O)c1ccc(C(=O)O)cc1. The molecule has 154 valence electrons. The summed E-state index contributed by atoms with van der Waals surface area (Å²) in [5.74, 6) is -2.13. The highest BCUT2D eigenvalue weighted by atomic mass is 31.0. The minimum atomic E-state index is -1.06. The van der Waals surface area contributed by atoms with Gasteiger partial charge in [-0.1, -0.05) is 65.7 Å². The summed E-state index contributed by atoms with van der Waals surface area (Å²) in [5, 5.41) is 17.5. The molecule has 2 N–H and O–H groups in total. The predicted octanol–water partition coefficient (Wildman–Crippen LogP) is 6.64. The van der Waals surface area contributed by atoms with E-state index in [1.54, 1.807) is 0 Å². The van der Waals surface area contributed by atoms with Crippen molar-refractivity contribution in [1.82, 2.24) is 0 Å². The van der Waals surface area contributed by atoms with E-state index in [0.717, 1.165) is 0 Å².